The van der Waals surface area contributed by atoms with Gasteiger partial charge in [0.25, 0.3) is 0 Å². The molecule has 2 atom stereocenters. The minimum absolute atomic E-state index is 0.0592. The maximum absolute atomic E-state index is 13.4. The van der Waals surface area contributed by atoms with E-state index in [9.17, 15) is 13.2 Å². The highest BCUT2D eigenvalue weighted by atomic mass is 35.5. The monoisotopic (exact) mass is 461 g/mol. The first kappa shape index (κ1) is 21.8. The number of halogens is 1. The Morgan fingerprint density at radius 3 is 2.74 bits per heavy atom. The molecule has 1 aromatic heterocycles. The molecular formula is C22H24ClN3O4S. The number of rotatable bonds is 6. The summed E-state index contributed by atoms with van der Waals surface area (Å²) in [7, 11) is -3.93. The number of carbonyl (C=O) groups excluding carboxylic acids is 1. The third-order valence-corrected chi connectivity index (χ3v) is 7.11. The molecule has 0 spiro atoms. The third-order valence-electron chi connectivity index (χ3n) is 5.37. The molecule has 3 aromatic rings. The van der Waals surface area contributed by atoms with Gasteiger partial charge in [-0.1, -0.05) is 29.8 Å². The lowest BCUT2D eigenvalue weighted by molar-refractivity contribution is -0.139. The van der Waals surface area contributed by atoms with Crippen molar-refractivity contribution in [2.24, 2.45) is 0 Å². The number of morpholine rings is 1. The predicted octanol–water partition coefficient (Wildman–Crippen LogP) is 2.96. The summed E-state index contributed by atoms with van der Waals surface area (Å²) in [5.74, 6) is -0.266. The molecule has 2 heterocycles. The van der Waals surface area contributed by atoms with Crippen molar-refractivity contribution in [2.45, 2.75) is 30.4 Å². The molecule has 1 aliphatic heterocycles. The first-order chi connectivity index (χ1) is 14.8. The van der Waals surface area contributed by atoms with Crippen molar-refractivity contribution in [3.63, 3.8) is 0 Å². The Bertz CT molecular complexity index is 1180. The van der Waals surface area contributed by atoms with Gasteiger partial charge in [0.2, 0.25) is 15.9 Å². The number of fused-ring (bicyclic) bond motifs is 1. The second kappa shape index (κ2) is 9.00. The molecule has 0 aliphatic carbocycles. The van der Waals surface area contributed by atoms with Crippen LogP contribution in [0.15, 0.2) is 59.6 Å². The first-order valence-corrected chi connectivity index (χ1v) is 11.9. The van der Waals surface area contributed by atoms with E-state index < -0.39 is 16.1 Å². The lowest BCUT2D eigenvalue weighted by atomic mass is 10.0. The summed E-state index contributed by atoms with van der Waals surface area (Å²) in [4.78, 5) is 18.3. The molecule has 2 N–H and O–H groups in total. The molecule has 31 heavy (non-hydrogen) atoms. The summed E-state index contributed by atoms with van der Waals surface area (Å²) in [5.41, 5.74) is 1.80. The van der Waals surface area contributed by atoms with Crippen LogP contribution in [0, 0.1) is 0 Å². The number of aromatic nitrogens is 1. The number of nitrogens with zero attached hydrogens (tertiary/aromatic N) is 1. The minimum atomic E-state index is -3.93. The normalized spacial score (nSPS) is 18.3. The van der Waals surface area contributed by atoms with Crippen molar-refractivity contribution in [3.05, 3.63) is 65.3 Å². The zero-order valence-electron chi connectivity index (χ0n) is 17.0. The topological polar surface area (TPSA) is 91.5 Å². The average Bonchev–Trinajstić information content (AvgIpc) is 3.16. The molecular weight excluding hydrogens is 438 g/mol. The van der Waals surface area contributed by atoms with Gasteiger partial charge in [-0.05, 0) is 49.2 Å². The number of sulfonamides is 1. The summed E-state index contributed by atoms with van der Waals surface area (Å²) < 4.78 is 34.2. The fourth-order valence-corrected chi connectivity index (χ4v) is 5.12. The van der Waals surface area contributed by atoms with Gasteiger partial charge in [-0.25, -0.2) is 8.42 Å². The van der Waals surface area contributed by atoms with Crippen LogP contribution in [0.5, 0.6) is 0 Å². The Balaban J connectivity index is 1.64. The van der Waals surface area contributed by atoms with Gasteiger partial charge in [-0.15, -0.1) is 0 Å². The van der Waals surface area contributed by atoms with E-state index in [1.807, 2.05) is 37.4 Å². The molecule has 164 valence electrons. The van der Waals surface area contributed by atoms with Gasteiger partial charge in [0.05, 0.1) is 17.6 Å². The van der Waals surface area contributed by atoms with Crippen molar-refractivity contribution in [1.29, 1.82) is 0 Å². The lowest BCUT2D eigenvalue weighted by Gasteiger charge is -2.33. The number of benzene rings is 2. The standard InChI is InChI=1S/C22H24ClN3O4S/c1-15-14-26(10-11-30-15)22(27)21(12-16-13-24-20-5-3-2-4-19(16)20)25-31(28,29)18-8-6-17(23)7-9-18/h2-9,13,15,21,24-25H,10-12,14H2,1H3/t15-,21+/m0/s1. The van der Waals surface area contributed by atoms with Crippen molar-refractivity contribution in [2.75, 3.05) is 19.7 Å². The van der Waals surface area contributed by atoms with E-state index in [2.05, 4.69) is 9.71 Å². The zero-order chi connectivity index (χ0) is 22.0. The Kier molecular flexibility index (Phi) is 6.34. The number of H-pyrrole nitrogens is 1. The largest absolute Gasteiger partial charge is 0.375 e. The van der Waals surface area contributed by atoms with E-state index in [4.69, 9.17) is 16.3 Å². The second-order valence-electron chi connectivity index (χ2n) is 7.66. The molecule has 7 nitrogen and oxygen atoms in total. The Labute approximate surface area is 186 Å². The highest BCUT2D eigenvalue weighted by Crippen LogP contribution is 2.21. The SMILES string of the molecule is C[C@H]1CN(C(=O)[C@@H](Cc2c[nH]c3ccccc23)NS(=O)(=O)c2ccc(Cl)cc2)CCO1. The van der Waals surface area contributed by atoms with Gasteiger partial charge >= 0.3 is 0 Å². The maximum atomic E-state index is 13.4. The van der Waals surface area contributed by atoms with Crippen LogP contribution in [-0.4, -0.2) is 56.1 Å². The number of nitrogens with one attached hydrogen (secondary N) is 2. The number of hydrogen-bond acceptors (Lipinski definition) is 4. The molecule has 1 aliphatic rings. The van der Waals surface area contributed by atoms with Crippen LogP contribution in [0.1, 0.15) is 12.5 Å². The highest BCUT2D eigenvalue weighted by molar-refractivity contribution is 7.89. The van der Waals surface area contributed by atoms with E-state index in [-0.39, 0.29) is 23.3 Å². The zero-order valence-corrected chi connectivity index (χ0v) is 18.6. The molecule has 0 radical (unpaired) electrons. The van der Waals surface area contributed by atoms with Crippen LogP contribution in [0.25, 0.3) is 10.9 Å². The van der Waals surface area contributed by atoms with Crippen molar-refractivity contribution in [1.82, 2.24) is 14.6 Å². The Hall–Kier alpha value is -2.39. The van der Waals surface area contributed by atoms with Crippen molar-refractivity contribution < 1.29 is 17.9 Å². The summed E-state index contributed by atoms with van der Waals surface area (Å²) in [6.45, 7) is 3.17. The van der Waals surface area contributed by atoms with Crippen LogP contribution in [-0.2, 0) is 26.0 Å². The fraction of sp³-hybridized carbons (Fsp3) is 0.318. The molecule has 0 bridgehead atoms. The molecule has 1 fully saturated rings. The maximum Gasteiger partial charge on any atom is 0.241 e. The minimum Gasteiger partial charge on any atom is -0.375 e. The first-order valence-electron chi connectivity index (χ1n) is 10.1. The summed E-state index contributed by atoms with van der Waals surface area (Å²) in [5, 5.41) is 1.40. The highest BCUT2D eigenvalue weighted by Gasteiger charge is 2.32. The van der Waals surface area contributed by atoms with Crippen LogP contribution in [0.4, 0.5) is 0 Å². The van der Waals surface area contributed by atoms with E-state index in [1.54, 1.807) is 4.90 Å². The summed E-state index contributed by atoms with van der Waals surface area (Å²) in [6, 6.07) is 12.6. The number of amides is 1. The van der Waals surface area contributed by atoms with Crippen molar-refractivity contribution >= 4 is 38.4 Å². The van der Waals surface area contributed by atoms with Crippen LogP contribution >= 0.6 is 11.6 Å². The molecule has 1 amide bonds. The number of para-hydroxylation sites is 1. The molecule has 9 heteroatoms. The Morgan fingerprint density at radius 2 is 2.00 bits per heavy atom. The van der Waals surface area contributed by atoms with E-state index in [0.29, 0.717) is 24.7 Å². The van der Waals surface area contributed by atoms with E-state index >= 15 is 0 Å². The quantitative estimate of drug-likeness (QED) is 0.590. The van der Waals surface area contributed by atoms with E-state index in [0.717, 1.165) is 16.5 Å². The second-order valence-corrected chi connectivity index (χ2v) is 9.81. The Morgan fingerprint density at radius 1 is 1.26 bits per heavy atom. The van der Waals surface area contributed by atoms with Gasteiger partial charge in [0.15, 0.2) is 0 Å². The van der Waals surface area contributed by atoms with Gasteiger partial charge in [-0.3, -0.25) is 4.79 Å². The van der Waals surface area contributed by atoms with Gasteiger partial charge in [0.1, 0.15) is 6.04 Å². The van der Waals surface area contributed by atoms with Crippen molar-refractivity contribution in [3.8, 4) is 0 Å². The molecule has 1 saturated heterocycles. The summed E-state index contributed by atoms with van der Waals surface area (Å²) in [6.07, 6.45) is 1.95. The third kappa shape index (κ3) is 4.93. The summed E-state index contributed by atoms with van der Waals surface area (Å²) >= 11 is 5.89. The van der Waals surface area contributed by atoms with Gasteiger partial charge in [-0.2, -0.15) is 4.72 Å². The molecule has 0 saturated carbocycles. The smallest absolute Gasteiger partial charge is 0.241 e. The number of aromatic amines is 1. The van der Waals surface area contributed by atoms with Gasteiger partial charge < -0.3 is 14.6 Å². The number of ether oxygens (including phenoxy) is 1. The van der Waals surface area contributed by atoms with E-state index in [1.165, 1.54) is 24.3 Å². The van der Waals surface area contributed by atoms with Crippen LogP contribution in [0.2, 0.25) is 5.02 Å². The number of carbonyl (C=O) groups is 1. The predicted molar refractivity (Wildman–Crippen MR) is 120 cm³/mol. The number of hydrogen-bond donors (Lipinski definition) is 2. The molecule has 2 aromatic carbocycles. The molecule has 4 rings (SSSR count). The lowest BCUT2D eigenvalue weighted by Crippen LogP contribution is -2.54. The average molecular weight is 462 g/mol. The van der Waals surface area contributed by atoms with Crippen LogP contribution < -0.4 is 4.72 Å². The van der Waals surface area contributed by atoms with Crippen LogP contribution in [0.3, 0.4) is 0 Å². The molecule has 0 unspecified atom stereocenters. The van der Waals surface area contributed by atoms with Gasteiger partial charge in [0, 0.05) is 35.2 Å². The fourth-order valence-electron chi connectivity index (χ4n) is 3.81.